The minimum absolute atomic E-state index is 0.489. The molecule has 1 heterocycles. The number of aromatic nitrogens is 2. The van der Waals surface area contributed by atoms with Crippen molar-refractivity contribution in [3.63, 3.8) is 0 Å². The van der Waals surface area contributed by atoms with Crippen LogP contribution in [0.3, 0.4) is 0 Å². The van der Waals surface area contributed by atoms with E-state index in [0.29, 0.717) is 11.4 Å². The van der Waals surface area contributed by atoms with Crippen molar-refractivity contribution >= 4 is 11.6 Å². The normalized spacial score (nSPS) is 13.3. The van der Waals surface area contributed by atoms with Crippen molar-refractivity contribution in [2.75, 3.05) is 0 Å². The van der Waals surface area contributed by atoms with Crippen LogP contribution < -0.4 is 0 Å². The topological polar surface area (TPSA) is 17.8 Å². The van der Waals surface area contributed by atoms with Crippen LogP contribution in [0.5, 0.6) is 0 Å². The minimum Gasteiger partial charge on any atom is -0.322 e. The Bertz CT molecular complexity index is 771. The molecule has 0 aliphatic heterocycles. The number of nitrogens with zero attached hydrogens (tertiary/aromatic N) is 2. The lowest BCUT2D eigenvalue weighted by Gasteiger charge is -2.35. The molecule has 0 bridgehead atoms. The van der Waals surface area contributed by atoms with E-state index in [9.17, 15) is 0 Å². The summed E-state index contributed by atoms with van der Waals surface area (Å²) in [6.45, 7) is 0. The molecule has 22 heavy (non-hydrogen) atoms. The fraction of sp³-hybridized carbons (Fsp3) is 0.105. The van der Waals surface area contributed by atoms with Gasteiger partial charge < -0.3 is 4.57 Å². The third-order valence-corrected chi connectivity index (χ3v) is 4.13. The molecule has 0 N–H and O–H groups in total. The van der Waals surface area contributed by atoms with Crippen molar-refractivity contribution in [2.24, 2.45) is 0 Å². The van der Waals surface area contributed by atoms with Gasteiger partial charge in [0.2, 0.25) is 0 Å². The van der Waals surface area contributed by atoms with Crippen molar-refractivity contribution in [2.45, 2.75) is 12.0 Å². The first-order valence-electron chi connectivity index (χ1n) is 7.01. The molecule has 3 rings (SSSR count). The highest BCUT2D eigenvalue weighted by molar-refractivity contribution is 6.30. The highest BCUT2D eigenvalue weighted by Gasteiger charge is 2.35. The Labute approximate surface area is 135 Å². The predicted octanol–water partition coefficient (Wildman–Crippen LogP) is 4.35. The van der Waals surface area contributed by atoms with Gasteiger partial charge in [-0.15, -0.1) is 12.3 Å². The first-order valence-corrected chi connectivity index (χ1v) is 7.38. The molecule has 108 valence electrons. The second-order valence-electron chi connectivity index (χ2n) is 5.08. The molecule has 0 aliphatic rings. The minimum atomic E-state index is -0.489. The van der Waals surface area contributed by atoms with E-state index >= 15 is 0 Å². The third kappa shape index (κ3) is 2.41. The molecule has 2 aromatic carbocycles. The summed E-state index contributed by atoms with van der Waals surface area (Å²) >= 11 is 6.05. The third-order valence-electron chi connectivity index (χ3n) is 3.88. The monoisotopic (exact) mass is 306 g/mol. The van der Waals surface area contributed by atoms with Crippen LogP contribution in [0.15, 0.2) is 73.3 Å². The van der Waals surface area contributed by atoms with Crippen LogP contribution >= 0.6 is 11.6 Å². The zero-order valence-corrected chi connectivity index (χ0v) is 12.7. The Morgan fingerprint density at radius 1 is 1.05 bits per heavy atom. The largest absolute Gasteiger partial charge is 0.322 e. The number of benzene rings is 2. The van der Waals surface area contributed by atoms with Crippen LogP contribution in [0.1, 0.15) is 17.5 Å². The first kappa shape index (κ1) is 14.4. The molecule has 0 spiro atoms. The average molecular weight is 307 g/mol. The van der Waals surface area contributed by atoms with Gasteiger partial charge in [-0.05, 0) is 23.3 Å². The molecule has 0 saturated carbocycles. The van der Waals surface area contributed by atoms with E-state index in [2.05, 4.69) is 27.6 Å². The molecular weight excluding hydrogens is 292 g/mol. The number of halogens is 1. The number of imidazole rings is 1. The van der Waals surface area contributed by atoms with Crippen molar-refractivity contribution in [1.82, 2.24) is 9.55 Å². The molecule has 1 aromatic heterocycles. The molecule has 1 atom stereocenters. The smallest absolute Gasteiger partial charge is 0.107 e. The maximum atomic E-state index is 6.05. The summed E-state index contributed by atoms with van der Waals surface area (Å²) in [5, 5.41) is 0.706. The summed E-state index contributed by atoms with van der Waals surface area (Å²) in [4.78, 5) is 4.21. The molecular formula is C19H15ClN2. The Hall–Kier alpha value is -2.50. The van der Waals surface area contributed by atoms with Crippen molar-refractivity contribution in [1.29, 1.82) is 0 Å². The zero-order chi connectivity index (χ0) is 15.4. The molecule has 2 nitrogen and oxygen atoms in total. The van der Waals surface area contributed by atoms with E-state index in [-0.39, 0.29) is 0 Å². The zero-order valence-electron chi connectivity index (χ0n) is 12.0. The number of hydrogen-bond acceptors (Lipinski definition) is 1. The second kappa shape index (κ2) is 6.09. The lowest BCUT2D eigenvalue weighted by molar-refractivity contribution is 0.441. The lowest BCUT2D eigenvalue weighted by Crippen LogP contribution is -2.35. The van der Waals surface area contributed by atoms with Crippen LogP contribution in [0.4, 0.5) is 0 Å². The van der Waals surface area contributed by atoms with Crippen molar-refractivity contribution in [3.8, 4) is 12.3 Å². The van der Waals surface area contributed by atoms with Gasteiger partial charge in [-0.25, -0.2) is 4.98 Å². The van der Waals surface area contributed by atoms with Gasteiger partial charge in [-0.2, -0.15) is 0 Å². The summed E-state index contributed by atoms with van der Waals surface area (Å²) in [6, 6.07) is 18.0. The van der Waals surface area contributed by atoms with Crippen LogP contribution in [-0.2, 0) is 5.54 Å². The van der Waals surface area contributed by atoms with E-state index in [4.69, 9.17) is 18.0 Å². The molecule has 0 amide bonds. The van der Waals surface area contributed by atoms with Crippen LogP contribution in [-0.4, -0.2) is 9.55 Å². The van der Waals surface area contributed by atoms with Crippen LogP contribution in [0, 0.1) is 12.3 Å². The van der Waals surface area contributed by atoms with Gasteiger partial charge in [0.1, 0.15) is 5.54 Å². The van der Waals surface area contributed by atoms with E-state index < -0.39 is 5.54 Å². The van der Waals surface area contributed by atoms with Gasteiger partial charge >= 0.3 is 0 Å². The van der Waals surface area contributed by atoms with Crippen molar-refractivity contribution < 1.29 is 0 Å². The maximum Gasteiger partial charge on any atom is 0.107 e. The molecule has 1 unspecified atom stereocenters. The molecule has 0 fully saturated rings. The molecule has 0 radical (unpaired) electrons. The van der Waals surface area contributed by atoms with Crippen LogP contribution in [0.2, 0.25) is 5.02 Å². The Morgan fingerprint density at radius 2 is 1.73 bits per heavy atom. The van der Waals surface area contributed by atoms with Gasteiger partial charge in [0.25, 0.3) is 0 Å². The van der Waals surface area contributed by atoms with E-state index in [1.54, 1.807) is 12.5 Å². The molecule has 0 saturated heterocycles. The highest BCUT2D eigenvalue weighted by Crippen LogP contribution is 2.37. The second-order valence-corrected chi connectivity index (χ2v) is 5.52. The number of terminal acetylenes is 1. The highest BCUT2D eigenvalue weighted by atomic mass is 35.5. The quantitative estimate of drug-likeness (QED) is 0.655. The fourth-order valence-corrected chi connectivity index (χ4v) is 2.96. The van der Waals surface area contributed by atoms with E-state index in [0.717, 1.165) is 11.1 Å². The molecule has 3 heteroatoms. The summed E-state index contributed by atoms with van der Waals surface area (Å²) in [5.74, 6) is 2.83. The van der Waals surface area contributed by atoms with Gasteiger partial charge in [0, 0.05) is 23.8 Å². The fourth-order valence-electron chi connectivity index (χ4n) is 2.83. The van der Waals surface area contributed by atoms with Gasteiger partial charge in [-0.1, -0.05) is 54.1 Å². The molecule has 3 aromatic rings. The Balaban J connectivity index is 2.29. The lowest BCUT2D eigenvalue weighted by atomic mass is 9.80. The van der Waals surface area contributed by atoms with Gasteiger partial charge in [0.15, 0.2) is 0 Å². The average Bonchev–Trinajstić information content (AvgIpc) is 3.09. The maximum absolute atomic E-state index is 6.05. The van der Waals surface area contributed by atoms with Gasteiger partial charge in [-0.3, -0.25) is 0 Å². The van der Waals surface area contributed by atoms with Crippen molar-refractivity contribution in [3.05, 3.63) is 89.5 Å². The Morgan fingerprint density at radius 3 is 2.32 bits per heavy atom. The predicted molar refractivity (Wildman–Crippen MR) is 89.7 cm³/mol. The summed E-state index contributed by atoms with van der Waals surface area (Å²) in [7, 11) is 0. The van der Waals surface area contributed by atoms with Crippen LogP contribution in [0.25, 0.3) is 0 Å². The van der Waals surface area contributed by atoms with E-state index in [1.165, 1.54) is 0 Å². The van der Waals surface area contributed by atoms with Gasteiger partial charge in [0.05, 0.1) is 6.33 Å². The summed E-state index contributed by atoms with van der Waals surface area (Å²) in [6.07, 6.45) is 11.8. The van der Waals surface area contributed by atoms with E-state index in [1.807, 2.05) is 48.7 Å². The summed E-state index contributed by atoms with van der Waals surface area (Å²) < 4.78 is 2.06. The number of rotatable bonds is 4. The Kier molecular flexibility index (Phi) is 4.00. The SMILES string of the molecule is C#CCC(c1ccccc1)(c1ccc(Cl)cc1)n1ccnc1. The summed E-state index contributed by atoms with van der Waals surface area (Å²) in [5.41, 5.74) is 1.71. The molecule has 0 aliphatic carbocycles. The number of hydrogen-bond donors (Lipinski definition) is 0. The first-order chi connectivity index (χ1) is 10.8. The standard InChI is InChI=1S/C19H15ClN2/c1-2-12-19(22-14-13-21-15-22,16-6-4-3-5-7-16)17-8-10-18(20)11-9-17/h1,3-11,13-15H,12H2.